The molecule has 5 heteroatoms. The quantitative estimate of drug-likeness (QED) is 0.604. The van der Waals surface area contributed by atoms with Crippen molar-refractivity contribution >= 4 is 0 Å². The molecule has 1 aliphatic heterocycles. The lowest BCUT2D eigenvalue weighted by Crippen LogP contribution is -2.56. The Kier molecular flexibility index (Phi) is 6.99. The Balaban J connectivity index is 2.17. The summed E-state index contributed by atoms with van der Waals surface area (Å²) >= 11 is 0. The zero-order valence-electron chi connectivity index (χ0n) is 11.2. The predicted molar refractivity (Wildman–Crippen MR) is 67.2 cm³/mol. The topological polar surface area (TPSA) is 54.0 Å². The van der Waals surface area contributed by atoms with Gasteiger partial charge in [-0.25, -0.2) is 0 Å². The maximum atomic E-state index is 9.88. The Labute approximate surface area is 104 Å². The zero-order chi connectivity index (χ0) is 12.7. The molecule has 0 aliphatic carbocycles. The van der Waals surface area contributed by atoms with Crippen LogP contribution < -0.4 is 5.32 Å². The lowest BCUT2D eigenvalue weighted by Gasteiger charge is -2.38. The molecule has 0 radical (unpaired) electrons. The van der Waals surface area contributed by atoms with Crippen molar-refractivity contribution in [2.75, 3.05) is 46.6 Å². The van der Waals surface area contributed by atoms with Crippen LogP contribution in [0, 0.1) is 0 Å². The van der Waals surface area contributed by atoms with Crippen LogP contribution in [0.4, 0.5) is 0 Å². The third-order valence-corrected chi connectivity index (χ3v) is 3.08. The number of aliphatic hydroxyl groups excluding tert-OH is 1. The molecule has 1 saturated heterocycles. The lowest BCUT2D eigenvalue weighted by molar-refractivity contribution is -0.0103. The number of piperazine rings is 1. The maximum Gasteiger partial charge on any atom is 0.0900 e. The third-order valence-electron chi connectivity index (χ3n) is 3.08. The molecule has 1 heterocycles. The maximum absolute atomic E-state index is 9.88. The highest BCUT2D eigenvalue weighted by Gasteiger charge is 2.23. The van der Waals surface area contributed by atoms with E-state index in [1.165, 1.54) is 0 Å². The minimum absolute atomic E-state index is 0.383. The molecule has 1 fully saturated rings. The van der Waals surface area contributed by atoms with Gasteiger partial charge in [0.15, 0.2) is 0 Å². The molecule has 2 N–H and O–H groups in total. The van der Waals surface area contributed by atoms with Gasteiger partial charge in [0.1, 0.15) is 0 Å². The first-order valence-corrected chi connectivity index (χ1v) is 6.35. The molecule has 1 rings (SSSR count). The predicted octanol–water partition coefficient (Wildman–Crippen LogP) is -0.307. The van der Waals surface area contributed by atoms with Crippen molar-refractivity contribution in [1.82, 2.24) is 10.2 Å². The average Bonchev–Trinajstić information content (AvgIpc) is 2.29. The molecule has 0 amide bonds. The number of aliphatic hydroxyl groups is 1. The smallest absolute Gasteiger partial charge is 0.0900 e. The number of β-amino-alcohol motifs (C(OH)–C–C–N with tert-alkyl or cyclic N) is 1. The molecule has 0 bridgehead atoms. The Morgan fingerprint density at radius 3 is 2.88 bits per heavy atom. The summed E-state index contributed by atoms with van der Waals surface area (Å²) in [7, 11) is 1.64. The van der Waals surface area contributed by atoms with Gasteiger partial charge in [-0.3, -0.25) is 4.90 Å². The Morgan fingerprint density at radius 1 is 1.41 bits per heavy atom. The average molecular weight is 246 g/mol. The molecule has 1 aliphatic rings. The van der Waals surface area contributed by atoms with Crippen molar-refractivity contribution in [3.05, 3.63) is 0 Å². The molecule has 3 unspecified atom stereocenters. The number of hydrogen-bond donors (Lipinski definition) is 2. The van der Waals surface area contributed by atoms with Crippen LogP contribution in [0.25, 0.3) is 0 Å². The standard InChI is InChI=1S/C12H26N2O3/c1-10-7-14(11(2)6-13-10)8-12(15)9-17-5-4-16-3/h10-13,15H,4-9H2,1-3H3. The SMILES string of the molecule is COCCOCC(O)CN1CC(C)NCC1C. The fourth-order valence-electron chi connectivity index (χ4n) is 2.04. The van der Waals surface area contributed by atoms with Crippen LogP contribution in [-0.2, 0) is 9.47 Å². The molecule has 0 saturated carbocycles. The van der Waals surface area contributed by atoms with E-state index in [-0.39, 0.29) is 0 Å². The van der Waals surface area contributed by atoms with Gasteiger partial charge in [-0.05, 0) is 13.8 Å². The van der Waals surface area contributed by atoms with Crippen LogP contribution in [0.1, 0.15) is 13.8 Å². The van der Waals surface area contributed by atoms with Gasteiger partial charge in [0.2, 0.25) is 0 Å². The second kappa shape index (κ2) is 8.00. The zero-order valence-corrected chi connectivity index (χ0v) is 11.2. The largest absolute Gasteiger partial charge is 0.389 e. The van der Waals surface area contributed by atoms with E-state index in [0.29, 0.717) is 38.4 Å². The van der Waals surface area contributed by atoms with E-state index in [2.05, 4.69) is 24.1 Å². The molecule has 0 spiro atoms. The minimum Gasteiger partial charge on any atom is -0.389 e. The van der Waals surface area contributed by atoms with Gasteiger partial charge >= 0.3 is 0 Å². The number of nitrogens with zero attached hydrogens (tertiary/aromatic N) is 1. The Hall–Kier alpha value is -0.200. The second-order valence-corrected chi connectivity index (χ2v) is 4.83. The van der Waals surface area contributed by atoms with Crippen LogP contribution in [0.15, 0.2) is 0 Å². The summed E-state index contributed by atoms with van der Waals surface area (Å²) in [6.07, 6.45) is -0.417. The minimum atomic E-state index is -0.417. The van der Waals surface area contributed by atoms with Crippen molar-refractivity contribution in [3.8, 4) is 0 Å². The van der Waals surface area contributed by atoms with E-state index in [0.717, 1.165) is 13.1 Å². The van der Waals surface area contributed by atoms with Crippen molar-refractivity contribution in [3.63, 3.8) is 0 Å². The van der Waals surface area contributed by atoms with Gasteiger partial charge in [0.05, 0.1) is 25.9 Å². The van der Waals surface area contributed by atoms with Crippen LogP contribution in [0.5, 0.6) is 0 Å². The summed E-state index contributed by atoms with van der Waals surface area (Å²) < 4.78 is 10.2. The number of rotatable bonds is 7. The molecule has 5 nitrogen and oxygen atoms in total. The van der Waals surface area contributed by atoms with E-state index in [9.17, 15) is 5.11 Å². The van der Waals surface area contributed by atoms with Gasteiger partial charge in [0, 0.05) is 38.8 Å². The van der Waals surface area contributed by atoms with Gasteiger partial charge in [-0.15, -0.1) is 0 Å². The molecule has 3 atom stereocenters. The molecule has 17 heavy (non-hydrogen) atoms. The number of nitrogens with one attached hydrogen (secondary N) is 1. The highest BCUT2D eigenvalue weighted by Crippen LogP contribution is 2.07. The normalized spacial score (nSPS) is 28.2. The summed E-state index contributed by atoms with van der Waals surface area (Å²) in [5.74, 6) is 0. The van der Waals surface area contributed by atoms with Crippen LogP contribution in [-0.4, -0.2) is 74.8 Å². The molecule has 0 aromatic rings. The first-order chi connectivity index (χ1) is 8.13. The van der Waals surface area contributed by atoms with E-state index in [1.807, 2.05) is 0 Å². The highest BCUT2D eigenvalue weighted by atomic mass is 16.5. The monoisotopic (exact) mass is 246 g/mol. The van der Waals surface area contributed by atoms with Gasteiger partial charge < -0.3 is 19.9 Å². The van der Waals surface area contributed by atoms with Crippen LogP contribution in [0.2, 0.25) is 0 Å². The number of ether oxygens (including phenoxy) is 2. The molecule has 0 aromatic carbocycles. The molecular weight excluding hydrogens is 220 g/mol. The van der Waals surface area contributed by atoms with Crippen molar-refractivity contribution < 1.29 is 14.6 Å². The summed E-state index contributed by atoms with van der Waals surface area (Å²) in [5.41, 5.74) is 0. The Bertz CT molecular complexity index is 204. The van der Waals surface area contributed by atoms with Crippen molar-refractivity contribution in [2.45, 2.75) is 32.0 Å². The molecule has 102 valence electrons. The van der Waals surface area contributed by atoms with Crippen LogP contribution in [0.3, 0.4) is 0 Å². The van der Waals surface area contributed by atoms with E-state index < -0.39 is 6.10 Å². The fourth-order valence-corrected chi connectivity index (χ4v) is 2.04. The lowest BCUT2D eigenvalue weighted by atomic mass is 10.1. The highest BCUT2D eigenvalue weighted by molar-refractivity contribution is 4.82. The van der Waals surface area contributed by atoms with Gasteiger partial charge in [-0.2, -0.15) is 0 Å². The Morgan fingerprint density at radius 2 is 2.18 bits per heavy atom. The van der Waals surface area contributed by atoms with E-state index in [4.69, 9.17) is 9.47 Å². The summed E-state index contributed by atoms with van der Waals surface area (Å²) in [4.78, 5) is 2.31. The first kappa shape index (κ1) is 14.9. The van der Waals surface area contributed by atoms with Gasteiger partial charge in [0.25, 0.3) is 0 Å². The second-order valence-electron chi connectivity index (χ2n) is 4.83. The summed E-state index contributed by atoms with van der Waals surface area (Å²) in [6.45, 7) is 8.50. The molecular formula is C12H26N2O3. The van der Waals surface area contributed by atoms with E-state index >= 15 is 0 Å². The summed E-state index contributed by atoms with van der Waals surface area (Å²) in [5, 5.41) is 13.3. The third kappa shape index (κ3) is 5.79. The van der Waals surface area contributed by atoms with E-state index in [1.54, 1.807) is 7.11 Å². The van der Waals surface area contributed by atoms with Gasteiger partial charge in [-0.1, -0.05) is 0 Å². The van der Waals surface area contributed by atoms with Crippen molar-refractivity contribution in [2.24, 2.45) is 0 Å². The first-order valence-electron chi connectivity index (χ1n) is 6.35. The van der Waals surface area contributed by atoms with Crippen LogP contribution >= 0.6 is 0 Å². The number of hydrogen-bond acceptors (Lipinski definition) is 5. The number of methoxy groups -OCH3 is 1. The fraction of sp³-hybridized carbons (Fsp3) is 1.00. The molecule has 0 aromatic heterocycles. The van der Waals surface area contributed by atoms with Crippen molar-refractivity contribution in [1.29, 1.82) is 0 Å². The summed E-state index contributed by atoms with van der Waals surface area (Å²) in [6, 6.07) is 0.965.